The molecule has 0 aromatic carbocycles. The van der Waals surface area contributed by atoms with Gasteiger partial charge in [0.2, 0.25) is 0 Å². The van der Waals surface area contributed by atoms with Gasteiger partial charge in [-0.3, -0.25) is 4.79 Å². The molecule has 0 aliphatic heterocycles. The molecular weight excluding hydrogens is 616 g/mol. The van der Waals surface area contributed by atoms with Gasteiger partial charge >= 0.3 is 12.1 Å². The Balaban J connectivity index is 4.42. The second-order valence-electron chi connectivity index (χ2n) is 15.4. The molecule has 0 unspecified atom stereocenters. The largest absolute Gasteiger partial charge is 0.462 e. The number of hydrogen-bond acceptors (Lipinski definition) is 7. The Morgan fingerprint density at radius 2 is 1.02 bits per heavy atom. The highest BCUT2D eigenvalue weighted by molar-refractivity contribution is 5.69. The van der Waals surface area contributed by atoms with E-state index in [2.05, 4.69) is 24.1 Å². The van der Waals surface area contributed by atoms with Crippen molar-refractivity contribution >= 4 is 12.1 Å². The molecule has 0 rings (SSSR count). The second-order valence-corrected chi connectivity index (χ2v) is 15.4. The van der Waals surface area contributed by atoms with Gasteiger partial charge in [0.1, 0.15) is 11.7 Å². The molecule has 49 heavy (non-hydrogen) atoms. The summed E-state index contributed by atoms with van der Waals surface area (Å²) >= 11 is 0. The molecule has 0 atom stereocenters. The number of aliphatic hydroxyl groups is 2. The topological polar surface area (TPSA) is 108 Å². The first kappa shape index (κ1) is 47.6. The first-order chi connectivity index (χ1) is 23.6. The maximum Gasteiger partial charge on any atom is 0.407 e. The van der Waals surface area contributed by atoms with Crippen molar-refractivity contribution in [1.29, 1.82) is 0 Å². The molecule has 0 aromatic rings. The van der Waals surface area contributed by atoms with E-state index in [1.807, 2.05) is 20.8 Å². The van der Waals surface area contributed by atoms with E-state index in [9.17, 15) is 9.59 Å². The number of nitrogens with zero attached hydrogens (tertiary/aromatic N) is 1. The molecule has 0 saturated heterocycles. The SMILES string of the molecule is CCCCCCCCC(CCCCCCCC)OC(=O)CCCCCCCN(CCCCCCCC(O)O)CCCNC(=O)OC(C)(C)C. The van der Waals surface area contributed by atoms with Crippen molar-refractivity contribution in [3.63, 3.8) is 0 Å². The van der Waals surface area contributed by atoms with Gasteiger partial charge in [0.25, 0.3) is 0 Å². The summed E-state index contributed by atoms with van der Waals surface area (Å²) in [6, 6.07) is 0. The third kappa shape index (κ3) is 36.2. The van der Waals surface area contributed by atoms with Crippen LogP contribution in [-0.2, 0) is 14.3 Å². The van der Waals surface area contributed by atoms with Crippen LogP contribution in [0.15, 0.2) is 0 Å². The van der Waals surface area contributed by atoms with Gasteiger partial charge in [-0.2, -0.15) is 0 Å². The van der Waals surface area contributed by atoms with Crippen molar-refractivity contribution in [3.05, 3.63) is 0 Å². The average Bonchev–Trinajstić information content (AvgIpc) is 3.03. The summed E-state index contributed by atoms with van der Waals surface area (Å²) < 4.78 is 11.4. The highest BCUT2D eigenvalue weighted by Gasteiger charge is 2.16. The molecular formula is C41H82N2O6. The fraction of sp³-hybridized carbons (Fsp3) is 0.951. The molecule has 0 heterocycles. The molecule has 0 spiro atoms. The minimum absolute atomic E-state index is 0.000622. The number of hydrogen-bond donors (Lipinski definition) is 3. The monoisotopic (exact) mass is 699 g/mol. The van der Waals surface area contributed by atoms with Crippen LogP contribution in [0.5, 0.6) is 0 Å². The normalized spacial score (nSPS) is 12.0. The number of esters is 1. The Hall–Kier alpha value is -1.38. The highest BCUT2D eigenvalue weighted by atomic mass is 16.6. The van der Waals surface area contributed by atoms with Crippen LogP contribution < -0.4 is 5.32 Å². The number of carbonyl (C=O) groups excluding carboxylic acids is 2. The Bertz CT molecular complexity index is 726. The Morgan fingerprint density at radius 3 is 1.51 bits per heavy atom. The van der Waals surface area contributed by atoms with Crippen LogP contribution >= 0.6 is 0 Å². The zero-order valence-corrected chi connectivity index (χ0v) is 33.0. The number of aliphatic hydroxyl groups excluding tert-OH is 1. The van der Waals surface area contributed by atoms with Crippen molar-refractivity contribution in [1.82, 2.24) is 10.2 Å². The predicted molar refractivity (Wildman–Crippen MR) is 205 cm³/mol. The number of nitrogens with one attached hydrogen (secondary N) is 1. The van der Waals surface area contributed by atoms with Gasteiger partial charge in [-0.15, -0.1) is 0 Å². The highest BCUT2D eigenvalue weighted by Crippen LogP contribution is 2.18. The number of rotatable bonds is 35. The predicted octanol–water partition coefficient (Wildman–Crippen LogP) is 10.6. The van der Waals surface area contributed by atoms with Crippen LogP contribution in [0.25, 0.3) is 0 Å². The number of unbranched alkanes of at least 4 members (excludes halogenated alkanes) is 18. The van der Waals surface area contributed by atoms with Gasteiger partial charge in [0.05, 0.1) is 0 Å². The van der Waals surface area contributed by atoms with E-state index in [-0.39, 0.29) is 18.2 Å². The Kier molecular flexibility index (Phi) is 32.8. The standard InChI is InChI=1S/C41H82N2O6/c1-6-8-10-12-16-22-29-37(30-23-17-13-11-9-7-2)48-39(46)32-25-19-15-21-27-35-43(34-26-20-14-18-24-31-38(44)45)36-28-33-42-40(47)49-41(3,4)5/h37-38,44-45H,6-36H2,1-5H3,(H,42,47). The first-order valence-electron chi connectivity index (χ1n) is 20.8. The quantitative estimate of drug-likeness (QED) is 0.0343. The van der Waals surface area contributed by atoms with Gasteiger partial charge in [0.15, 0.2) is 6.29 Å². The number of alkyl carbamates (subject to hydrolysis) is 1. The summed E-state index contributed by atoms with van der Waals surface area (Å²) in [6.07, 6.45) is 28.4. The summed E-state index contributed by atoms with van der Waals surface area (Å²) in [5.41, 5.74) is -0.491. The molecule has 3 N–H and O–H groups in total. The molecule has 0 aromatic heterocycles. The number of ether oxygens (including phenoxy) is 2. The van der Waals surface area contributed by atoms with E-state index in [1.165, 1.54) is 77.0 Å². The van der Waals surface area contributed by atoms with Crippen LogP contribution in [0.4, 0.5) is 4.79 Å². The van der Waals surface area contributed by atoms with Crippen LogP contribution in [0.2, 0.25) is 0 Å². The van der Waals surface area contributed by atoms with Crippen LogP contribution in [0.1, 0.15) is 208 Å². The number of amides is 1. The molecule has 0 fully saturated rings. The molecule has 8 heteroatoms. The maximum atomic E-state index is 12.7. The fourth-order valence-corrected chi connectivity index (χ4v) is 6.28. The van der Waals surface area contributed by atoms with Gasteiger partial charge in [-0.05, 0) is 105 Å². The van der Waals surface area contributed by atoms with E-state index >= 15 is 0 Å². The van der Waals surface area contributed by atoms with Gasteiger partial charge < -0.3 is 29.9 Å². The van der Waals surface area contributed by atoms with Gasteiger partial charge in [0, 0.05) is 13.0 Å². The molecule has 0 saturated carbocycles. The third-order valence-corrected chi connectivity index (χ3v) is 9.17. The van der Waals surface area contributed by atoms with Gasteiger partial charge in [-0.1, -0.05) is 117 Å². The molecule has 0 radical (unpaired) electrons. The lowest BCUT2D eigenvalue weighted by atomic mass is 10.0. The zero-order chi connectivity index (χ0) is 36.4. The molecule has 0 aliphatic rings. The van der Waals surface area contributed by atoms with E-state index in [0.717, 1.165) is 103 Å². The lowest BCUT2D eigenvalue weighted by molar-refractivity contribution is -0.150. The fourth-order valence-electron chi connectivity index (χ4n) is 6.28. The van der Waals surface area contributed by atoms with Crippen molar-refractivity contribution < 1.29 is 29.3 Å². The summed E-state index contributed by atoms with van der Waals surface area (Å²) in [5, 5.41) is 20.9. The minimum atomic E-state index is -1.19. The first-order valence-corrected chi connectivity index (χ1v) is 20.8. The van der Waals surface area contributed by atoms with E-state index < -0.39 is 11.9 Å². The van der Waals surface area contributed by atoms with Crippen LogP contribution in [0.3, 0.4) is 0 Å². The van der Waals surface area contributed by atoms with E-state index in [0.29, 0.717) is 19.4 Å². The van der Waals surface area contributed by atoms with Crippen molar-refractivity contribution in [2.45, 2.75) is 226 Å². The molecule has 0 aliphatic carbocycles. The van der Waals surface area contributed by atoms with E-state index in [4.69, 9.17) is 19.7 Å². The Morgan fingerprint density at radius 1 is 0.592 bits per heavy atom. The van der Waals surface area contributed by atoms with Crippen molar-refractivity contribution in [3.8, 4) is 0 Å². The van der Waals surface area contributed by atoms with Gasteiger partial charge in [-0.25, -0.2) is 4.79 Å². The molecule has 0 bridgehead atoms. The summed E-state index contributed by atoms with van der Waals surface area (Å²) in [7, 11) is 0. The smallest absolute Gasteiger partial charge is 0.407 e. The minimum Gasteiger partial charge on any atom is -0.462 e. The average molecular weight is 699 g/mol. The molecule has 292 valence electrons. The van der Waals surface area contributed by atoms with Crippen LogP contribution in [0, 0.1) is 0 Å². The summed E-state index contributed by atoms with van der Waals surface area (Å²) in [5.74, 6) is 0.000622. The second kappa shape index (κ2) is 33.7. The van der Waals surface area contributed by atoms with E-state index in [1.54, 1.807) is 0 Å². The van der Waals surface area contributed by atoms with Crippen molar-refractivity contribution in [2.24, 2.45) is 0 Å². The summed E-state index contributed by atoms with van der Waals surface area (Å²) in [4.78, 5) is 27.2. The third-order valence-electron chi connectivity index (χ3n) is 9.17. The Labute approximate surface area is 303 Å². The van der Waals surface area contributed by atoms with Crippen molar-refractivity contribution in [2.75, 3.05) is 26.2 Å². The molecule has 1 amide bonds. The lowest BCUT2D eigenvalue weighted by Gasteiger charge is -2.23. The molecule has 8 nitrogen and oxygen atoms in total. The lowest BCUT2D eigenvalue weighted by Crippen LogP contribution is -2.35. The number of carbonyl (C=O) groups is 2. The zero-order valence-electron chi connectivity index (χ0n) is 33.0. The summed E-state index contributed by atoms with van der Waals surface area (Å²) in [6.45, 7) is 13.8. The van der Waals surface area contributed by atoms with Crippen LogP contribution in [-0.4, -0.2) is 71.3 Å². The maximum absolute atomic E-state index is 12.7.